The second-order valence-corrected chi connectivity index (χ2v) is 10.2. The fraction of sp³-hybridized carbons (Fsp3) is 0.467. The number of rotatable bonds is 7. The summed E-state index contributed by atoms with van der Waals surface area (Å²) < 4.78 is 19.2. The molecule has 0 radical (unpaired) electrons. The van der Waals surface area contributed by atoms with Crippen molar-refractivity contribution in [3.8, 4) is 5.75 Å². The lowest BCUT2D eigenvalue weighted by Crippen LogP contribution is -2.28. The van der Waals surface area contributed by atoms with E-state index in [4.69, 9.17) is 4.74 Å². The Morgan fingerprint density at radius 3 is 2.35 bits per heavy atom. The largest absolute Gasteiger partial charge is 0.427 e. The normalized spacial score (nSPS) is 14.7. The Morgan fingerprint density at radius 2 is 1.91 bits per heavy atom. The Balaban J connectivity index is 2.93. The van der Waals surface area contributed by atoms with Gasteiger partial charge in [0.1, 0.15) is 5.75 Å². The van der Waals surface area contributed by atoms with Gasteiger partial charge < -0.3 is 4.74 Å². The molecule has 0 aliphatic rings. The molecule has 0 fully saturated rings. The summed E-state index contributed by atoms with van der Waals surface area (Å²) >= 11 is 1.27. The highest BCUT2D eigenvalue weighted by Gasteiger charge is 2.32. The van der Waals surface area contributed by atoms with Crippen LogP contribution in [0.25, 0.3) is 0 Å². The van der Waals surface area contributed by atoms with Crippen LogP contribution in [0.1, 0.15) is 37.6 Å². The Morgan fingerprint density at radius 1 is 1.35 bits per heavy atom. The van der Waals surface area contributed by atoms with Crippen molar-refractivity contribution in [3.05, 3.63) is 29.8 Å². The number of ether oxygens (including phenoxy) is 1. The molecular formula is C15H23N2O4PS. The van der Waals surface area contributed by atoms with Gasteiger partial charge in [0.15, 0.2) is 0 Å². The molecule has 0 heterocycles. The smallest absolute Gasteiger partial charge is 0.308 e. The molecule has 128 valence electrons. The summed E-state index contributed by atoms with van der Waals surface area (Å²) in [6.45, 7) is 2.23. The minimum Gasteiger partial charge on any atom is -0.427 e. The van der Waals surface area contributed by atoms with Crippen LogP contribution in [0, 0.1) is 0 Å². The Labute approximate surface area is 141 Å². The van der Waals surface area contributed by atoms with Crippen molar-refractivity contribution in [1.29, 1.82) is 0 Å². The Bertz CT molecular complexity index is 606. The van der Waals surface area contributed by atoms with Gasteiger partial charge in [-0.1, -0.05) is 25.2 Å². The van der Waals surface area contributed by atoms with E-state index in [-0.39, 0.29) is 11.2 Å². The second kappa shape index (κ2) is 8.52. The predicted molar refractivity (Wildman–Crippen MR) is 93.9 cm³/mol. The summed E-state index contributed by atoms with van der Waals surface area (Å²) in [6, 6.07) is 6.17. The molecule has 0 spiro atoms. The average molecular weight is 358 g/mol. The third-order valence-electron chi connectivity index (χ3n) is 3.23. The number of carbonyl (C=O) groups is 2. The van der Waals surface area contributed by atoms with Gasteiger partial charge in [-0.2, -0.15) is 0 Å². The molecule has 2 atom stereocenters. The van der Waals surface area contributed by atoms with Gasteiger partial charge in [-0.15, -0.1) is 0 Å². The fourth-order valence-electron chi connectivity index (χ4n) is 1.73. The zero-order valence-corrected chi connectivity index (χ0v) is 15.7. The number of nitrogens with zero attached hydrogens (tertiary/aromatic N) is 1. The molecule has 2 unspecified atom stereocenters. The van der Waals surface area contributed by atoms with Crippen molar-refractivity contribution in [2.24, 2.45) is 0 Å². The van der Waals surface area contributed by atoms with E-state index in [1.807, 2.05) is 13.8 Å². The van der Waals surface area contributed by atoms with Gasteiger partial charge in [0.25, 0.3) is 12.6 Å². The lowest BCUT2D eigenvalue weighted by atomic mass is 10.2. The van der Waals surface area contributed by atoms with Gasteiger partial charge in [0, 0.05) is 24.8 Å². The van der Waals surface area contributed by atoms with E-state index < -0.39 is 12.6 Å². The van der Waals surface area contributed by atoms with Crippen molar-refractivity contribution in [2.45, 2.75) is 32.4 Å². The Hall–Kier alpha value is -1.30. The van der Waals surface area contributed by atoms with Crippen LogP contribution in [-0.4, -0.2) is 35.9 Å². The topological polar surface area (TPSA) is 75.7 Å². The van der Waals surface area contributed by atoms with Crippen molar-refractivity contribution in [3.63, 3.8) is 0 Å². The molecule has 0 saturated carbocycles. The van der Waals surface area contributed by atoms with Crippen molar-refractivity contribution in [2.75, 3.05) is 14.1 Å². The summed E-state index contributed by atoms with van der Waals surface area (Å²) in [6.07, 6.45) is 0.857. The molecule has 6 nitrogen and oxygen atoms in total. The number of nitrogens with one attached hydrogen (secondary N) is 1. The standard InChI is InChI=1S/C15H23N2O4PS/c1-6-11(2)23-22(20,16-4)17(5)15(19)13-7-9-14(10-8-13)21-12(3)18/h7-11H,6H2,1-5H3,(H,16,20). The minimum atomic E-state index is -3.05. The van der Waals surface area contributed by atoms with E-state index in [0.29, 0.717) is 11.3 Å². The SMILES string of the molecule is CCC(C)SP(=O)(NC)N(C)C(=O)c1ccc(OC(C)=O)cc1. The highest BCUT2D eigenvalue weighted by atomic mass is 32.7. The minimum absolute atomic E-state index is 0.162. The van der Waals surface area contributed by atoms with Crippen LogP contribution in [0.2, 0.25) is 0 Å². The highest BCUT2D eigenvalue weighted by molar-refractivity contribution is 8.57. The molecule has 0 aliphatic heterocycles. The molecule has 0 saturated heterocycles. The zero-order valence-electron chi connectivity index (χ0n) is 14.0. The van der Waals surface area contributed by atoms with Crippen molar-refractivity contribution in [1.82, 2.24) is 9.76 Å². The number of benzene rings is 1. The molecule has 23 heavy (non-hydrogen) atoms. The Kier molecular flexibility index (Phi) is 7.32. The maximum atomic E-state index is 13.0. The van der Waals surface area contributed by atoms with Gasteiger partial charge in [-0.3, -0.25) is 18.8 Å². The molecule has 1 rings (SSSR count). The maximum absolute atomic E-state index is 13.0. The highest BCUT2D eigenvalue weighted by Crippen LogP contribution is 2.59. The average Bonchev–Trinajstić information content (AvgIpc) is 2.53. The van der Waals surface area contributed by atoms with Crippen molar-refractivity contribution >= 4 is 29.9 Å². The summed E-state index contributed by atoms with van der Waals surface area (Å²) in [5.74, 6) is -0.416. The number of hydrogen-bond acceptors (Lipinski definition) is 5. The number of hydrogen-bond donors (Lipinski definition) is 1. The van der Waals surface area contributed by atoms with Crippen LogP contribution < -0.4 is 9.82 Å². The van der Waals surface area contributed by atoms with Gasteiger partial charge >= 0.3 is 5.97 Å². The maximum Gasteiger partial charge on any atom is 0.308 e. The van der Waals surface area contributed by atoms with E-state index in [0.717, 1.165) is 6.42 Å². The molecule has 0 aromatic heterocycles. The fourth-order valence-corrected chi connectivity index (χ4v) is 6.14. The molecule has 0 bridgehead atoms. The van der Waals surface area contributed by atoms with E-state index in [2.05, 4.69) is 5.09 Å². The summed E-state index contributed by atoms with van der Waals surface area (Å²) in [4.78, 5) is 23.4. The third kappa shape index (κ3) is 5.37. The summed E-state index contributed by atoms with van der Waals surface area (Å²) in [5.41, 5.74) is 0.378. The van der Waals surface area contributed by atoms with Crippen LogP contribution >= 0.6 is 18.0 Å². The summed E-state index contributed by atoms with van der Waals surface area (Å²) in [7, 11) is 3.11. The van der Waals surface area contributed by atoms with Crippen LogP contribution in [-0.2, 0) is 9.36 Å². The third-order valence-corrected chi connectivity index (χ3v) is 8.97. The van der Waals surface area contributed by atoms with Gasteiger partial charge in [0.2, 0.25) is 0 Å². The van der Waals surface area contributed by atoms with Crippen LogP contribution in [0.5, 0.6) is 5.75 Å². The zero-order chi connectivity index (χ0) is 17.6. The van der Waals surface area contributed by atoms with E-state index in [1.165, 1.54) is 42.2 Å². The van der Waals surface area contributed by atoms with Crippen LogP contribution in [0.3, 0.4) is 0 Å². The van der Waals surface area contributed by atoms with Gasteiger partial charge in [-0.05, 0) is 37.7 Å². The molecule has 0 aliphatic carbocycles. The first-order chi connectivity index (χ1) is 10.7. The number of amides is 1. The summed E-state index contributed by atoms with van der Waals surface area (Å²) in [5, 5.41) is 2.95. The number of carbonyl (C=O) groups excluding carboxylic acids is 2. The monoisotopic (exact) mass is 358 g/mol. The lowest BCUT2D eigenvalue weighted by molar-refractivity contribution is -0.131. The van der Waals surface area contributed by atoms with Gasteiger partial charge in [0.05, 0.1) is 0 Å². The molecule has 8 heteroatoms. The van der Waals surface area contributed by atoms with E-state index in [9.17, 15) is 14.2 Å². The van der Waals surface area contributed by atoms with Crippen LogP contribution in [0.15, 0.2) is 24.3 Å². The molecule has 1 aromatic rings. The molecule has 1 amide bonds. The number of esters is 1. The first-order valence-corrected chi connectivity index (χ1v) is 10.4. The van der Waals surface area contributed by atoms with E-state index >= 15 is 0 Å². The van der Waals surface area contributed by atoms with Crippen molar-refractivity contribution < 1.29 is 18.9 Å². The molecule has 1 aromatic carbocycles. The second-order valence-electron chi connectivity index (χ2n) is 5.02. The quantitative estimate of drug-likeness (QED) is 0.456. The first-order valence-electron chi connectivity index (χ1n) is 7.28. The van der Waals surface area contributed by atoms with Crippen LogP contribution in [0.4, 0.5) is 0 Å². The van der Waals surface area contributed by atoms with E-state index in [1.54, 1.807) is 19.2 Å². The lowest BCUT2D eigenvalue weighted by Gasteiger charge is -2.28. The molecule has 1 N–H and O–H groups in total. The van der Waals surface area contributed by atoms with Gasteiger partial charge in [-0.25, -0.2) is 5.09 Å². The first kappa shape index (κ1) is 19.7. The predicted octanol–water partition coefficient (Wildman–Crippen LogP) is 3.54. The molecular weight excluding hydrogens is 335 g/mol.